The Kier molecular flexibility index (Phi) is 38.6. The highest BCUT2D eigenvalue weighted by Gasteiger charge is 2.28. The number of rotatable bonds is 41. The quantitative estimate of drug-likeness (QED) is 0.0150. The Morgan fingerprint density at radius 2 is 1.12 bits per heavy atom. The van der Waals surface area contributed by atoms with E-state index in [4.69, 9.17) is 24.8 Å². The second-order valence-electron chi connectivity index (χ2n) is 15.0. The maximum absolute atomic E-state index is 12.6. The number of carbonyl (C=O) groups excluding carboxylic acids is 2. The Morgan fingerprint density at radius 1 is 0.610 bits per heavy atom. The van der Waals surface area contributed by atoms with Crippen LogP contribution in [0.3, 0.4) is 0 Å². The number of aliphatic hydroxyl groups excluding tert-OH is 1. The van der Waals surface area contributed by atoms with E-state index in [9.17, 15) is 28.9 Å². The van der Waals surface area contributed by atoms with Crippen molar-refractivity contribution in [3.05, 3.63) is 60.8 Å². The van der Waals surface area contributed by atoms with Crippen LogP contribution in [-0.4, -0.2) is 71.1 Å². The Morgan fingerprint density at radius 3 is 1.78 bits per heavy atom. The second-order valence-corrected chi connectivity index (χ2v) is 16.5. The molecule has 0 radical (unpaired) electrons. The lowest BCUT2D eigenvalue weighted by molar-refractivity contribution is -0.161. The first-order valence-corrected chi connectivity index (χ1v) is 23.9. The summed E-state index contributed by atoms with van der Waals surface area (Å²) in [6.07, 6.45) is 43.1. The highest BCUT2D eigenvalue weighted by molar-refractivity contribution is 7.47. The number of ether oxygens (including phenoxy) is 2. The minimum absolute atomic E-state index is 0.0485. The Balaban J connectivity index is 4.51. The molecule has 13 heteroatoms. The van der Waals surface area contributed by atoms with Crippen molar-refractivity contribution in [2.45, 2.75) is 193 Å². The zero-order valence-electron chi connectivity index (χ0n) is 36.4. The molecule has 0 aliphatic rings. The summed E-state index contributed by atoms with van der Waals surface area (Å²) in [5, 5.41) is 19.0. The molecule has 5 N–H and O–H groups in total. The van der Waals surface area contributed by atoms with Crippen LogP contribution < -0.4 is 5.73 Å². The molecule has 0 saturated heterocycles. The molecule has 0 aliphatic heterocycles. The van der Waals surface area contributed by atoms with E-state index >= 15 is 0 Å². The van der Waals surface area contributed by atoms with E-state index in [-0.39, 0.29) is 19.4 Å². The molecule has 4 atom stereocenters. The zero-order valence-corrected chi connectivity index (χ0v) is 37.3. The van der Waals surface area contributed by atoms with E-state index < -0.39 is 57.2 Å². The van der Waals surface area contributed by atoms with Gasteiger partial charge in [-0.25, -0.2) is 4.57 Å². The molecule has 0 aromatic rings. The summed E-state index contributed by atoms with van der Waals surface area (Å²) >= 11 is 0. The molecule has 0 aromatic carbocycles. The highest BCUT2D eigenvalue weighted by Crippen LogP contribution is 2.43. The van der Waals surface area contributed by atoms with E-state index in [2.05, 4.69) is 36.6 Å². The van der Waals surface area contributed by atoms with Crippen molar-refractivity contribution in [2.24, 2.45) is 5.73 Å². The van der Waals surface area contributed by atoms with Crippen molar-refractivity contribution in [3.8, 4) is 0 Å². The molecule has 0 aromatic heterocycles. The molecule has 0 spiro atoms. The van der Waals surface area contributed by atoms with Crippen molar-refractivity contribution >= 4 is 25.7 Å². The van der Waals surface area contributed by atoms with Crippen LogP contribution >= 0.6 is 7.82 Å². The molecule has 0 bridgehead atoms. The lowest BCUT2D eigenvalue weighted by atomic mass is 10.1. The zero-order chi connectivity index (χ0) is 43.7. The molecule has 0 amide bonds. The number of carboxylic acid groups (broad SMARTS) is 1. The molecule has 340 valence electrons. The fourth-order valence-electron chi connectivity index (χ4n) is 5.72. The van der Waals surface area contributed by atoms with Gasteiger partial charge in [0.05, 0.1) is 19.3 Å². The number of aliphatic hydroxyl groups is 1. The van der Waals surface area contributed by atoms with Gasteiger partial charge in [0, 0.05) is 12.8 Å². The number of phosphoric acid groups is 1. The van der Waals surface area contributed by atoms with Gasteiger partial charge in [0.1, 0.15) is 12.6 Å². The summed E-state index contributed by atoms with van der Waals surface area (Å²) in [4.78, 5) is 46.0. The van der Waals surface area contributed by atoms with Crippen molar-refractivity contribution in [3.63, 3.8) is 0 Å². The Bertz CT molecular complexity index is 1250. The average molecular weight is 854 g/mol. The molecule has 1 unspecified atom stereocenters. The number of nitrogens with two attached hydrogens (primary N) is 1. The van der Waals surface area contributed by atoms with Gasteiger partial charge in [-0.1, -0.05) is 152 Å². The minimum atomic E-state index is -4.75. The van der Waals surface area contributed by atoms with Gasteiger partial charge < -0.3 is 30.3 Å². The van der Waals surface area contributed by atoms with Crippen LogP contribution in [0.15, 0.2) is 60.8 Å². The summed E-state index contributed by atoms with van der Waals surface area (Å²) in [5.74, 6) is -2.51. The van der Waals surface area contributed by atoms with Gasteiger partial charge in [0.25, 0.3) is 0 Å². The largest absolute Gasteiger partial charge is 0.480 e. The van der Waals surface area contributed by atoms with Crippen LogP contribution in [0.2, 0.25) is 0 Å². The maximum Gasteiger partial charge on any atom is 0.472 e. The normalized spacial score (nSPS) is 14.8. The SMILES string of the molecule is CCCCC/C=C\C=C/[C@H](O)C/C=C\C/C=C/CCCC(=O)O[C@H](COC(=O)CCCCCCCCC/C=C\CCCCCCCC)COP(=O)(O)OC[C@H](N)C(=O)O. The Hall–Kier alpha value is -2.86. The molecular formula is C46H80NO11P. The van der Waals surface area contributed by atoms with E-state index in [1.165, 1.54) is 83.5 Å². The van der Waals surface area contributed by atoms with Gasteiger partial charge in [0.2, 0.25) is 0 Å². The highest BCUT2D eigenvalue weighted by atomic mass is 31.2. The van der Waals surface area contributed by atoms with Crippen LogP contribution in [0.1, 0.15) is 174 Å². The first-order valence-electron chi connectivity index (χ1n) is 22.4. The molecule has 0 rings (SSSR count). The number of phosphoric ester groups is 1. The monoisotopic (exact) mass is 854 g/mol. The standard InChI is InChI=1S/C46H80NO11P/c1-3-5-7-9-11-12-13-14-15-16-17-18-19-20-24-28-32-36-44(49)55-38-42(39-56-59(53,54)57-40-43(47)46(51)52)58-45(50)37-33-29-25-21-23-27-31-35-41(48)34-30-26-22-10-8-6-4-2/h14-15,21-22,25-27,30-31,34,41-43,48H,3-13,16-20,23-24,28-29,32-33,35-40,47H2,1-2H3,(H,51,52)(H,53,54)/b15-14-,25-21+,26-22-,31-27-,34-30-/t41-,42+,43-/m0/s1. The summed E-state index contributed by atoms with van der Waals surface area (Å²) in [7, 11) is -4.75. The first-order chi connectivity index (χ1) is 28.5. The molecule has 0 saturated carbocycles. The van der Waals surface area contributed by atoms with Gasteiger partial charge in [-0.05, 0) is 70.6 Å². The van der Waals surface area contributed by atoms with Gasteiger partial charge in [-0.2, -0.15) is 0 Å². The van der Waals surface area contributed by atoms with Crippen molar-refractivity contribution in [2.75, 3.05) is 19.8 Å². The summed E-state index contributed by atoms with van der Waals surface area (Å²) in [5.41, 5.74) is 5.33. The third kappa shape index (κ3) is 40.3. The smallest absolute Gasteiger partial charge is 0.472 e. The van der Waals surface area contributed by atoms with Crippen LogP contribution in [0.5, 0.6) is 0 Å². The fraction of sp³-hybridized carbons (Fsp3) is 0.717. The first kappa shape index (κ1) is 56.1. The predicted molar refractivity (Wildman–Crippen MR) is 237 cm³/mol. The van der Waals surface area contributed by atoms with E-state index in [1.807, 2.05) is 36.5 Å². The molecule has 59 heavy (non-hydrogen) atoms. The topological polar surface area (TPSA) is 192 Å². The molecule has 0 fully saturated rings. The summed E-state index contributed by atoms with van der Waals surface area (Å²) in [6.45, 7) is 2.62. The lowest BCUT2D eigenvalue weighted by Crippen LogP contribution is -2.34. The minimum Gasteiger partial charge on any atom is -0.480 e. The van der Waals surface area contributed by atoms with E-state index in [0.29, 0.717) is 32.1 Å². The summed E-state index contributed by atoms with van der Waals surface area (Å²) < 4.78 is 32.6. The van der Waals surface area contributed by atoms with Crippen LogP contribution in [0, 0.1) is 0 Å². The van der Waals surface area contributed by atoms with Gasteiger partial charge in [0.15, 0.2) is 6.10 Å². The molecule has 0 aliphatic carbocycles. The number of carboxylic acids is 1. The van der Waals surface area contributed by atoms with Gasteiger partial charge in [-0.15, -0.1) is 0 Å². The predicted octanol–water partition coefficient (Wildman–Crippen LogP) is 10.9. The van der Waals surface area contributed by atoms with Crippen molar-refractivity contribution in [1.29, 1.82) is 0 Å². The Labute approximate surface area is 356 Å². The van der Waals surface area contributed by atoms with Crippen LogP contribution in [0.25, 0.3) is 0 Å². The number of allylic oxidation sites excluding steroid dienone is 8. The van der Waals surface area contributed by atoms with E-state index in [0.717, 1.165) is 32.1 Å². The number of unbranched alkanes of at least 4 members (excludes halogenated alkanes) is 17. The second kappa shape index (κ2) is 40.5. The number of hydrogen-bond donors (Lipinski definition) is 4. The van der Waals surface area contributed by atoms with Gasteiger partial charge in [-0.3, -0.25) is 23.4 Å². The third-order valence-corrected chi connectivity index (χ3v) is 10.3. The molecular weight excluding hydrogens is 773 g/mol. The maximum atomic E-state index is 12.6. The fourth-order valence-corrected chi connectivity index (χ4v) is 6.50. The van der Waals surface area contributed by atoms with Crippen molar-refractivity contribution in [1.82, 2.24) is 0 Å². The van der Waals surface area contributed by atoms with Gasteiger partial charge >= 0.3 is 25.7 Å². The average Bonchev–Trinajstić information content (AvgIpc) is 3.21. The number of aliphatic carboxylic acids is 1. The third-order valence-electron chi connectivity index (χ3n) is 9.32. The number of hydrogen-bond acceptors (Lipinski definition) is 10. The van der Waals surface area contributed by atoms with E-state index in [1.54, 1.807) is 6.08 Å². The van der Waals surface area contributed by atoms with Crippen molar-refractivity contribution < 1.29 is 52.6 Å². The summed E-state index contributed by atoms with van der Waals surface area (Å²) in [6, 6.07) is -1.54. The van der Waals surface area contributed by atoms with Crippen LogP contribution in [-0.2, 0) is 37.5 Å². The number of carbonyl (C=O) groups is 3. The number of esters is 2. The molecule has 0 heterocycles. The lowest BCUT2D eigenvalue weighted by Gasteiger charge is -2.20. The van der Waals surface area contributed by atoms with Crippen LogP contribution in [0.4, 0.5) is 0 Å². The molecule has 12 nitrogen and oxygen atoms in total.